The highest BCUT2D eigenvalue weighted by molar-refractivity contribution is 5.75. The summed E-state index contributed by atoms with van der Waals surface area (Å²) in [7, 11) is 0. The summed E-state index contributed by atoms with van der Waals surface area (Å²) in [4.78, 5) is 0. The van der Waals surface area contributed by atoms with Gasteiger partial charge in [-0.05, 0) is 49.8 Å². The molecule has 1 aliphatic carbocycles. The van der Waals surface area contributed by atoms with Gasteiger partial charge in [-0.3, -0.25) is 0 Å². The van der Waals surface area contributed by atoms with Gasteiger partial charge < -0.3 is 15.0 Å². The summed E-state index contributed by atoms with van der Waals surface area (Å²) in [6.45, 7) is 2.76. The molecule has 2 aromatic rings. The smallest absolute Gasteiger partial charge is 0.230 e. The molecule has 0 atom stereocenters. The van der Waals surface area contributed by atoms with E-state index in [1.165, 1.54) is 12.1 Å². The number of nitrogens with zero attached hydrogens (tertiary/aromatic N) is 1. The van der Waals surface area contributed by atoms with Gasteiger partial charge in [0.1, 0.15) is 5.82 Å². The zero-order chi connectivity index (χ0) is 14.8. The Kier molecular flexibility index (Phi) is 3.92. The van der Waals surface area contributed by atoms with Gasteiger partial charge in [0.05, 0.1) is 17.4 Å². The number of hydrogen-bond acceptors (Lipinski definition) is 4. The largest absolute Gasteiger partial charge is 0.378 e. The Labute approximate surface area is 123 Å². The summed E-state index contributed by atoms with van der Waals surface area (Å²) in [5.74, 6) is 0.480. The van der Waals surface area contributed by atoms with Gasteiger partial charge in [0.25, 0.3) is 0 Å². The van der Waals surface area contributed by atoms with E-state index in [4.69, 9.17) is 15.0 Å². The lowest BCUT2D eigenvalue weighted by molar-refractivity contribution is -0.0244. The van der Waals surface area contributed by atoms with Crippen molar-refractivity contribution in [2.45, 2.75) is 32.3 Å². The Morgan fingerprint density at radius 2 is 2.24 bits per heavy atom. The van der Waals surface area contributed by atoms with E-state index >= 15 is 0 Å². The lowest BCUT2D eigenvalue weighted by Gasteiger charge is -2.34. The second kappa shape index (κ2) is 5.85. The van der Waals surface area contributed by atoms with Crippen molar-refractivity contribution >= 4 is 5.88 Å². The van der Waals surface area contributed by atoms with Crippen molar-refractivity contribution < 1.29 is 13.7 Å². The Hall–Kier alpha value is -1.88. The van der Waals surface area contributed by atoms with Gasteiger partial charge in [-0.2, -0.15) is 0 Å². The predicted molar refractivity (Wildman–Crippen MR) is 78.2 cm³/mol. The van der Waals surface area contributed by atoms with Crippen LogP contribution in [-0.2, 0) is 11.2 Å². The molecule has 0 saturated heterocycles. The van der Waals surface area contributed by atoms with Gasteiger partial charge in [0.2, 0.25) is 5.88 Å². The van der Waals surface area contributed by atoms with Gasteiger partial charge in [-0.25, -0.2) is 4.39 Å². The van der Waals surface area contributed by atoms with E-state index in [2.05, 4.69) is 5.16 Å². The second-order valence-electron chi connectivity index (χ2n) is 5.50. The van der Waals surface area contributed by atoms with Crippen molar-refractivity contribution in [3.8, 4) is 11.1 Å². The van der Waals surface area contributed by atoms with Crippen LogP contribution in [0.3, 0.4) is 0 Å². The number of nitrogens with two attached hydrogens (primary N) is 1. The summed E-state index contributed by atoms with van der Waals surface area (Å²) in [6, 6.07) is 6.34. The first kappa shape index (κ1) is 14.1. The minimum Gasteiger partial charge on any atom is -0.378 e. The molecule has 1 aromatic heterocycles. The molecule has 1 aliphatic rings. The maximum Gasteiger partial charge on any atom is 0.230 e. The molecular weight excluding hydrogens is 271 g/mol. The fourth-order valence-electron chi connectivity index (χ4n) is 2.92. The highest BCUT2D eigenvalue weighted by Crippen LogP contribution is 2.37. The third-order valence-electron chi connectivity index (χ3n) is 3.98. The first-order chi connectivity index (χ1) is 10.2. The average Bonchev–Trinajstić information content (AvgIpc) is 2.77. The normalized spacial score (nSPS) is 21.2. The lowest BCUT2D eigenvalue weighted by atomic mass is 9.78. The topological polar surface area (TPSA) is 61.3 Å². The molecule has 1 fully saturated rings. The lowest BCUT2D eigenvalue weighted by Crippen LogP contribution is -2.32. The molecule has 0 amide bonds. The summed E-state index contributed by atoms with van der Waals surface area (Å²) in [6.07, 6.45) is 3.21. The zero-order valence-corrected chi connectivity index (χ0v) is 12.0. The molecule has 0 aliphatic heterocycles. The summed E-state index contributed by atoms with van der Waals surface area (Å²) in [5.41, 5.74) is 8.09. The molecule has 1 heterocycles. The van der Waals surface area contributed by atoms with E-state index in [1.54, 1.807) is 6.07 Å². The molecule has 2 N–H and O–H groups in total. The van der Waals surface area contributed by atoms with E-state index in [-0.39, 0.29) is 11.7 Å². The Morgan fingerprint density at radius 3 is 2.95 bits per heavy atom. The minimum absolute atomic E-state index is 0.247. The SMILES string of the molecule is CCOC1CC(Cc2noc(N)c2-c2cccc(F)c2)C1. The highest BCUT2D eigenvalue weighted by atomic mass is 19.1. The molecule has 0 spiro atoms. The standard InChI is InChI=1S/C16H19FN2O2/c1-2-20-13-6-10(7-13)8-14-15(16(18)21-19-14)11-4-3-5-12(17)9-11/h3-5,9-10,13H,2,6-8,18H2,1H3. The molecule has 21 heavy (non-hydrogen) atoms. The average molecular weight is 290 g/mol. The number of anilines is 1. The molecule has 112 valence electrons. The van der Waals surface area contributed by atoms with E-state index in [1.807, 2.05) is 13.0 Å². The third kappa shape index (κ3) is 2.93. The number of halogens is 1. The van der Waals surface area contributed by atoms with Crippen LogP contribution in [0.25, 0.3) is 11.1 Å². The van der Waals surface area contributed by atoms with Gasteiger partial charge in [-0.15, -0.1) is 0 Å². The zero-order valence-electron chi connectivity index (χ0n) is 12.0. The van der Waals surface area contributed by atoms with Crippen LogP contribution < -0.4 is 5.73 Å². The Morgan fingerprint density at radius 1 is 1.43 bits per heavy atom. The summed E-state index contributed by atoms with van der Waals surface area (Å²) >= 11 is 0. The van der Waals surface area contributed by atoms with Gasteiger partial charge in [0, 0.05) is 6.61 Å². The third-order valence-corrected chi connectivity index (χ3v) is 3.98. The first-order valence-corrected chi connectivity index (χ1v) is 7.29. The summed E-state index contributed by atoms with van der Waals surface area (Å²) in [5, 5.41) is 4.05. The van der Waals surface area contributed by atoms with Crippen LogP contribution in [0.2, 0.25) is 0 Å². The molecular formula is C16H19FN2O2. The van der Waals surface area contributed by atoms with Crippen LogP contribution in [0, 0.1) is 11.7 Å². The quantitative estimate of drug-likeness (QED) is 0.916. The van der Waals surface area contributed by atoms with Crippen LogP contribution in [-0.4, -0.2) is 17.9 Å². The fourth-order valence-corrected chi connectivity index (χ4v) is 2.92. The number of ether oxygens (including phenoxy) is 1. The number of aromatic nitrogens is 1. The molecule has 1 aromatic carbocycles. The molecule has 4 nitrogen and oxygen atoms in total. The predicted octanol–water partition coefficient (Wildman–Crippen LogP) is 3.42. The second-order valence-corrected chi connectivity index (χ2v) is 5.50. The number of rotatable bonds is 5. The van der Waals surface area contributed by atoms with Crippen molar-refractivity contribution in [1.82, 2.24) is 5.16 Å². The first-order valence-electron chi connectivity index (χ1n) is 7.29. The Balaban J connectivity index is 1.76. The highest BCUT2D eigenvalue weighted by Gasteiger charge is 2.31. The van der Waals surface area contributed by atoms with Crippen LogP contribution >= 0.6 is 0 Å². The van der Waals surface area contributed by atoms with E-state index in [9.17, 15) is 4.39 Å². The maximum absolute atomic E-state index is 13.4. The van der Waals surface area contributed by atoms with E-state index in [0.717, 1.165) is 31.6 Å². The van der Waals surface area contributed by atoms with Gasteiger partial charge in [0.15, 0.2) is 0 Å². The molecule has 1 saturated carbocycles. The van der Waals surface area contributed by atoms with Crippen molar-refractivity contribution in [2.24, 2.45) is 5.92 Å². The molecule has 0 radical (unpaired) electrons. The van der Waals surface area contributed by atoms with Crippen LogP contribution in [0.1, 0.15) is 25.5 Å². The maximum atomic E-state index is 13.4. The molecule has 3 rings (SSSR count). The van der Waals surface area contributed by atoms with Crippen molar-refractivity contribution in [3.05, 3.63) is 35.8 Å². The number of nitrogen functional groups attached to an aromatic ring is 1. The molecule has 0 unspecified atom stereocenters. The monoisotopic (exact) mass is 290 g/mol. The van der Waals surface area contributed by atoms with Gasteiger partial charge >= 0.3 is 0 Å². The Bertz CT molecular complexity index is 620. The minimum atomic E-state index is -0.292. The number of hydrogen-bond donors (Lipinski definition) is 1. The van der Waals surface area contributed by atoms with Crippen molar-refractivity contribution in [3.63, 3.8) is 0 Å². The van der Waals surface area contributed by atoms with E-state index in [0.29, 0.717) is 23.1 Å². The molecule has 0 bridgehead atoms. The fraction of sp³-hybridized carbons (Fsp3) is 0.438. The summed E-state index contributed by atoms with van der Waals surface area (Å²) < 4.78 is 24.1. The number of benzene rings is 1. The van der Waals surface area contributed by atoms with Crippen molar-refractivity contribution in [2.75, 3.05) is 12.3 Å². The van der Waals surface area contributed by atoms with Crippen molar-refractivity contribution in [1.29, 1.82) is 0 Å². The van der Waals surface area contributed by atoms with E-state index < -0.39 is 0 Å². The van der Waals surface area contributed by atoms with Crippen LogP contribution in [0.4, 0.5) is 10.3 Å². The van der Waals surface area contributed by atoms with Crippen LogP contribution in [0.15, 0.2) is 28.8 Å². The van der Waals surface area contributed by atoms with Crippen LogP contribution in [0.5, 0.6) is 0 Å². The van der Waals surface area contributed by atoms with Gasteiger partial charge in [-0.1, -0.05) is 17.3 Å². The molecule has 5 heteroatoms.